The van der Waals surface area contributed by atoms with Gasteiger partial charge in [-0.25, -0.2) is 9.59 Å². The number of amides is 5. The number of phenolic OH excluding ortho intramolecular Hbond substituents is 1. The number of alkyl halides is 3. The summed E-state index contributed by atoms with van der Waals surface area (Å²) in [7, 11) is 0. The molecule has 48 heavy (non-hydrogen) atoms. The Morgan fingerprint density at radius 3 is 2.29 bits per heavy atom. The summed E-state index contributed by atoms with van der Waals surface area (Å²) in [6, 6.07) is 7.71. The molecule has 3 saturated heterocycles. The molecule has 4 aliphatic heterocycles. The predicted octanol–water partition coefficient (Wildman–Crippen LogP) is 5.44. The van der Waals surface area contributed by atoms with Crippen LogP contribution in [0.5, 0.6) is 5.75 Å². The number of para-hydroxylation sites is 1. The third kappa shape index (κ3) is 7.62. The Kier molecular flexibility index (Phi) is 10.3. The molecule has 6 rings (SSSR count). The van der Waals surface area contributed by atoms with Crippen molar-refractivity contribution in [3.8, 4) is 5.75 Å². The van der Waals surface area contributed by atoms with Gasteiger partial charge >= 0.3 is 18.2 Å². The fourth-order valence-corrected chi connectivity index (χ4v) is 7.93. The minimum atomic E-state index is -4.86. The molecule has 5 amide bonds. The molecular formula is C34H42ClF3N6O4. The molecule has 2 aromatic carbocycles. The normalized spacial score (nSPS) is 20.7. The Labute approximate surface area is 283 Å². The summed E-state index contributed by atoms with van der Waals surface area (Å²) in [6.07, 6.45) is -0.139. The lowest BCUT2D eigenvalue weighted by Crippen LogP contribution is -2.57. The number of likely N-dealkylation sites (tertiary alicyclic amines) is 2. The van der Waals surface area contributed by atoms with Gasteiger partial charge in [0.2, 0.25) is 5.91 Å². The second kappa shape index (κ2) is 14.4. The highest BCUT2D eigenvalue weighted by atomic mass is 35.5. The van der Waals surface area contributed by atoms with Crippen LogP contribution in [0.1, 0.15) is 55.2 Å². The zero-order valence-corrected chi connectivity index (χ0v) is 27.5. The second-order valence-corrected chi connectivity index (χ2v) is 13.8. The fourth-order valence-electron chi connectivity index (χ4n) is 7.69. The molecule has 260 valence electrons. The molecule has 4 N–H and O–H groups in total. The number of benzene rings is 2. The largest absolute Gasteiger partial charge is 0.506 e. The number of halogens is 4. The third-order valence-corrected chi connectivity index (χ3v) is 10.7. The number of piperidine rings is 3. The van der Waals surface area contributed by atoms with Crippen LogP contribution in [0, 0.1) is 11.8 Å². The molecule has 1 atom stereocenters. The first-order chi connectivity index (χ1) is 23.0. The standard InChI is InChI=1S/C34H42ClF3N6O4/c35-27-18-21(17-26(30(27)45)34(36,37)38)19-29(31(46)42-13-7-23(8-14-42)22-5-11-39-12-6-22)41-32(47)43-15-9-25(10-16-43)44-20-24-3-1-2-4-28(24)40-33(44)48/h1-4,17-18,22-23,25,29,39,45H,5-16,19-20H2,(H,40,48)(H,41,47). The van der Waals surface area contributed by atoms with Gasteiger partial charge in [0.15, 0.2) is 0 Å². The third-order valence-electron chi connectivity index (χ3n) is 10.4. The molecular weight excluding hydrogens is 649 g/mol. The van der Waals surface area contributed by atoms with Crippen molar-refractivity contribution in [1.82, 2.24) is 25.3 Å². The van der Waals surface area contributed by atoms with Gasteiger partial charge in [-0.15, -0.1) is 0 Å². The predicted molar refractivity (Wildman–Crippen MR) is 175 cm³/mol. The molecule has 0 saturated carbocycles. The number of fused-ring (bicyclic) bond motifs is 1. The average molecular weight is 691 g/mol. The van der Waals surface area contributed by atoms with Crippen LogP contribution in [-0.4, -0.2) is 89.1 Å². The maximum Gasteiger partial charge on any atom is 0.420 e. The number of hydrogen-bond donors (Lipinski definition) is 4. The van der Waals surface area contributed by atoms with E-state index >= 15 is 0 Å². The first kappa shape index (κ1) is 34.2. The summed E-state index contributed by atoms with van der Waals surface area (Å²) in [5.74, 6) is -0.323. The molecule has 0 aromatic heterocycles. The maximum absolute atomic E-state index is 14.0. The lowest BCUT2D eigenvalue weighted by Gasteiger charge is -2.41. The van der Waals surface area contributed by atoms with Gasteiger partial charge in [-0.2, -0.15) is 13.2 Å². The van der Waals surface area contributed by atoms with Crippen LogP contribution in [0.25, 0.3) is 0 Å². The van der Waals surface area contributed by atoms with Crippen molar-refractivity contribution in [3.05, 3.63) is 58.1 Å². The zero-order valence-electron chi connectivity index (χ0n) is 26.7. The van der Waals surface area contributed by atoms with Crippen LogP contribution in [-0.2, 0) is 23.9 Å². The number of hydrogen-bond acceptors (Lipinski definition) is 5. The quantitative estimate of drug-likeness (QED) is 0.323. The monoisotopic (exact) mass is 690 g/mol. The molecule has 3 fully saturated rings. The Balaban J connectivity index is 1.13. The lowest BCUT2D eigenvalue weighted by molar-refractivity contribution is -0.138. The molecule has 0 spiro atoms. The van der Waals surface area contributed by atoms with Crippen LogP contribution in [0.3, 0.4) is 0 Å². The highest BCUT2D eigenvalue weighted by Gasteiger charge is 2.38. The number of carbonyl (C=O) groups is 3. The maximum atomic E-state index is 14.0. The summed E-state index contributed by atoms with van der Waals surface area (Å²) in [5, 5.41) is 18.7. The highest BCUT2D eigenvalue weighted by molar-refractivity contribution is 6.32. The van der Waals surface area contributed by atoms with Crippen LogP contribution < -0.4 is 16.0 Å². The number of carbonyl (C=O) groups excluding carboxylic acids is 3. The Morgan fingerprint density at radius 2 is 1.60 bits per heavy atom. The van der Waals surface area contributed by atoms with Crippen molar-refractivity contribution in [2.75, 3.05) is 44.6 Å². The van der Waals surface area contributed by atoms with Crippen LogP contribution in [0.15, 0.2) is 36.4 Å². The minimum absolute atomic E-state index is 0.0727. The molecule has 1 unspecified atom stereocenters. The van der Waals surface area contributed by atoms with Crippen molar-refractivity contribution >= 4 is 35.3 Å². The number of urea groups is 2. The van der Waals surface area contributed by atoms with E-state index in [9.17, 15) is 32.7 Å². The molecule has 4 aliphatic rings. The van der Waals surface area contributed by atoms with Gasteiger partial charge in [0.05, 0.1) is 10.6 Å². The van der Waals surface area contributed by atoms with E-state index in [0.717, 1.165) is 56.1 Å². The smallest absolute Gasteiger partial charge is 0.420 e. The molecule has 4 heterocycles. The van der Waals surface area contributed by atoms with Crippen molar-refractivity contribution in [2.45, 2.75) is 69.8 Å². The summed E-state index contributed by atoms with van der Waals surface area (Å²) < 4.78 is 41.1. The van der Waals surface area contributed by atoms with E-state index in [1.807, 2.05) is 24.3 Å². The number of aromatic hydroxyl groups is 1. The minimum Gasteiger partial charge on any atom is -0.506 e. The number of phenols is 1. The van der Waals surface area contributed by atoms with Gasteiger partial charge in [0.25, 0.3) is 0 Å². The summed E-state index contributed by atoms with van der Waals surface area (Å²) in [4.78, 5) is 45.5. The summed E-state index contributed by atoms with van der Waals surface area (Å²) in [6.45, 7) is 4.15. The molecule has 0 aliphatic carbocycles. The van der Waals surface area contributed by atoms with Crippen molar-refractivity contribution in [1.29, 1.82) is 0 Å². The van der Waals surface area contributed by atoms with E-state index in [-0.39, 0.29) is 30.0 Å². The van der Waals surface area contributed by atoms with E-state index < -0.39 is 34.6 Å². The van der Waals surface area contributed by atoms with E-state index in [1.54, 1.807) is 14.7 Å². The van der Waals surface area contributed by atoms with Crippen LogP contribution in [0.2, 0.25) is 5.02 Å². The lowest BCUT2D eigenvalue weighted by atomic mass is 9.79. The van der Waals surface area contributed by atoms with E-state index in [4.69, 9.17) is 11.6 Å². The molecule has 0 radical (unpaired) electrons. The average Bonchev–Trinajstić information content (AvgIpc) is 3.09. The summed E-state index contributed by atoms with van der Waals surface area (Å²) in [5.41, 5.74) is 0.584. The fraction of sp³-hybridized carbons (Fsp3) is 0.559. The van der Waals surface area contributed by atoms with Crippen molar-refractivity contribution in [2.24, 2.45) is 11.8 Å². The Hall–Kier alpha value is -3.71. The van der Waals surface area contributed by atoms with Gasteiger partial charge in [0.1, 0.15) is 11.8 Å². The molecule has 10 nitrogen and oxygen atoms in total. The first-order valence-electron chi connectivity index (χ1n) is 16.8. The van der Waals surface area contributed by atoms with Gasteiger partial charge in [0, 0.05) is 50.9 Å². The number of anilines is 1. The van der Waals surface area contributed by atoms with Crippen LogP contribution in [0.4, 0.5) is 28.4 Å². The SMILES string of the molecule is O=C(NC(Cc1cc(Cl)c(O)c(C(F)(F)F)c1)C(=O)N1CCC(C2CCNCC2)CC1)N1CCC(N2Cc3ccccc3NC2=O)CC1. The van der Waals surface area contributed by atoms with E-state index in [0.29, 0.717) is 57.4 Å². The van der Waals surface area contributed by atoms with Crippen LogP contribution >= 0.6 is 11.6 Å². The number of nitrogens with zero attached hydrogens (tertiary/aromatic N) is 3. The highest BCUT2D eigenvalue weighted by Crippen LogP contribution is 2.41. The first-order valence-corrected chi connectivity index (χ1v) is 17.1. The van der Waals surface area contributed by atoms with Crippen molar-refractivity contribution in [3.63, 3.8) is 0 Å². The van der Waals surface area contributed by atoms with Gasteiger partial charge in [-0.1, -0.05) is 29.8 Å². The van der Waals surface area contributed by atoms with Crippen molar-refractivity contribution < 1.29 is 32.7 Å². The molecule has 2 aromatic rings. The molecule has 0 bridgehead atoms. The van der Waals surface area contributed by atoms with E-state index in [2.05, 4.69) is 16.0 Å². The van der Waals surface area contributed by atoms with Gasteiger partial charge in [-0.3, -0.25) is 4.79 Å². The Morgan fingerprint density at radius 1 is 0.958 bits per heavy atom. The molecule has 14 heteroatoms. The topological polar surface area (TPSA) is 117 Å². The summed E-state index contributed by atoms with van der Waals surface area (Å²) >= 11 is 5.99. The second-order valence-electron chi connectivity index (χ2n) is 13.4. The number of rotatable bonds is 6. The van der Waals surface area contributed by atoms with Gasteiger partial charge < -0.3 is 35.8 Å². The van der Waals surface area contributed by atoms with E-state index in [1.165, 1.54) is 6.07 Å². The Bertz CT molecular complexity index is 1500. The number of nitrogens with one attached hydrogen (secondary N) is 3. The zero-order chi connectivity index (χ0) is 34.0. The van der Waals surface area contributed by atoms with Gasteiger partial charge in [-0.05, 0) is 92.8 Å².